The molecule has 2 aromatic heterocycles. The zero-order valence-electron chi connectivity index (χ0n) is 11.8. The number of carbonyl (C=O) groups is 1. The molecule has 0 fully saturated rings. The topological polar surface area (TPSA) is 49.3 Å². The van der Waals surface area contributed by atoms with Gasteiger partial charge >= 0.3 is 0 Å². The number of rotatable bonds is 5. The molecule has 0 aromatic carbocycles. The number of hydrogen-bond acceptors (Lipinski definition) is 5. The van der Waals surface area contributed by atoms with Crippen LogP contribution >= 0.6 is 22.9 Å². The van der Waals surface area contributed by atoms with Crippen molar-refractivity contribution in [2.45, 2.75) is 13.5 Å². The molecule has 0 radical (unpaired) electrons. The lowest BCUT2D eigenvalue weighted by Crippen LogP contribution is -2.36. The summed E-state index contributed by atoms with van der Waals surface area (Å²) in [5, 5.41) is 3.30. The van der Waals surface area contributed by atoms with Crippen LogP contribution in [-0.4, -0.2) is 52.9 Å². The largest absolute Gasteiger partial charge is 0.348 e. The molecule has 2 heterocycles. The summed E-state index contributed by atoms with van der Waals surface area (Å²) in [6.45, 7) is 3.63. The number of likely N-dealkylation sites (N-methyl/N-ethyl adjacent to an activating group) is 2. The van der Waals surface area contributed by atoms with Crippen LogP contribution in [0.1, 0.15) is 12.7 Å². The van der Waals surface area contributed by atoms with Gasteiger partial charge in [-0.15, -0.1) is 11.3 Å². The SMILES string of the molecule is CCN(CC(=O)N(C)C)Cc1nc(Cl)c2ccsc2n1. The Hall–Kier alpha value is -1.24. The Morgan fingerprint density at radius 1 is 1.40 bits per heavy atom. The van der Waals surface area contributed by atoms with Crippen LogP contribution in [-0.2, 0) is 11.3 Å². The minimum absolute atomic E-state index is 0.0650. The number of fused-ring (bicyclic) bond motifs is 1. The first-order chi connectivity index (χ1) is 9.51. The molecule has 0 atom stereocenters. The van der Waals surface area contributed by atoms with Crippen molar-refractivity contribution in [1.82, 2.24) is 19.8 Å². The molecule has 7 heteroatoms. The Morgan fingerprint density at radius 3 is 2.80 bits per heavy atom. The summed E-state index contributed by atoms with van der Waals surface area (Å²) in [4.78, 5) is 25.0. The molecule has 108 valence electrons. The van der Waals surface area contributed by atoms with Gasteiger partial charge in [-0.3, -0.25) is 9.69 Å². The highest BCUT2D eigenvalue weighted by molar-refractivity contribution is 7.16. The van der Waals surface area contributed by atoms with Crippen molar-refractivity contribution in [2.24, 2.45) is 0 Å². The molecule has 0 N–H and O–H groups in total. The van der Waals surface area contributed by atoms with Crippen LogP contribution in [0, 0.1) is 0 Å². The first-order valence-corrected chi connectivity index (χ1v) is 7.59. The highest BCUT2D eigenvalue weighted by Gasteiger charge is 2.14. The fourth-order valence-corrected chi connectivity index (χ4v) is 2.83. The molecular formula is C13H17ClN4OS. The maximum Gasteiger partial charge on any atom is 0.236 e. The molecule has 0 unspecified atom stereocenters. The van der Waals surface area contributed by atoms with E-state index in [1.54, 1.807) is 19.0 Å². The number of thiophene rings is 1. The Kier molecular flexibility index (Phi) is 4.91. The summed E-state index contributed by atoms with van der Waals surface area (Å²) in [6.07, 6.45) is 0. The Morgan fingerprint density at radius 2 is 2.15 bits per heavy atom. The quantitative estimate of drug-likeness (QED) is 0.795. The minimum atomic E-state index is 0.0650. The maximum absolute atomic E-state index is 11.8. The molecule has 5 nitrogen and oxygen atoms in total. The second-order valence-corrected chi connectivity index (χ2v) is 5.91. The Labute approximate surface area is 127 Å². The smallest absolute Gasteiger partial charge is 0.236 e. The van der Waals surface area contributed by atoms with Gasteiger partial charge in [0, 0.05) is 19.5 Å². The van der Waals surface area contributed by atoms with Gasteiger partial charge in [0.05, 0.1) is 13.1 Å². The van der Waals surface area contributed by atoms with Crippen LogP contribution in [0.3, 0.4) is 0 Å². The van der Waals surface area contributed by atoms with Crippen molar-refractivity contribution in [1.29, 1.82) is 0 Å². The zero-order valence-corrected chi connectivity index (χ0v) is 13.3. The maximum atomic E-state index is 11.8. The summed E-state index contributed by atoms with van der Waals surface area (Å²) in [5.41, 5.74) is 0. The third-order valence-electron chi connectivity index (χ3n) is 2.99. The molecular weight excluding hydrogens is 296 g/mol. The summed E-state index contributed by atoms with van der Waals surface area (Å²) >= 11 is 7.69. The summed E-state index contributed by atoms with van der Waals surface area (Å²) in [6, 6.07) is 1.92. The van der Waals surface area contributed by atoms with E-state index in [1.807, 2.05) is 23.3 Å². The molecule has 2 rings (SSSR count). The molecule has 0 aliphatic carbocycles. The number of amides is 1. The van der Waals surface area contributed by atoms with Gasteiger partial charge in [-0.05, 0) is 18.0 Å². The van der Waals surface area contributed by atoms with Gasteiger partial charge in [0.25, 0.3) is 0 Å². The Balaban J connectivity index is 2.14. The van der Waals surface area contributed by atoms with Crippen molar-refractivity contribution in [3.05, 3.63) is 22.4 Å². The van der Waals surface area contributed by atoms with Crippen molar-refractivity contribution in [2.75, 3.05) is 27.2 Å². The lowest BCUT2D eigenvalue weighted by molar-refractivity contribution is -0.130. The third kappa shape index (κ3) is 3.45. The van der Waals surface area contributed by atoms with Gasteiger partial charge in [0.2, 0.25) is 5.91 Å². The summed E-state index contributed by atoms with van der Waals surface area (Å²) < 4.78 is 0. The molecule has 2 aromatic rings. The first-order valence-electron chi connectivity index (χ1n) is 6.33. The molecule has 0 saturated carbocycles. The van der Waals surface area contributed by atoms with E-state index in [-0.39, 0.29) is 5.91 Å². The van der Waals surface area contributed by atoms with E-state index in [9.17, 15) is 4.79 Å². The molecule has 20 heavy (non-hydrogen) atoms. The van der Waals surface area contributed by atoms with Gasteiger partial charge < -0.3 is 4.90 Å². The van der Waals surface area contributed by atoms with E-state index in [4.69, 9.17) is 11.6 Å². The van der Waals surface area contributed by atoms with Crippen LogP contribution in [0.15, 0.2) is 11.4 Å². The fourth-order valence-electron chi connectivity index (χ4n) is 1.74. The molecule has 1 amide bonds. The van der Waals surface area contributed by atoms with Crippen LogP contribution < -0.4 is 0 Å². The minimum Gasteiger partial charge on any atom is -0.348 e. The molecule has 0 saturated heterocycles. The highest BCUT2D eigenvalue weighted by atomic mass is 35.5. The number of hydrogen-bond donors (Lipinski definition) is 0. The molecule has 0 spiro atoms. The fraction of sp³-hybridized carbons (Fsp3) is 0.462. The Bertz CT molecular complexity index is 613. The number of nitrogens with zero attached hydrogens (tertiary/aromatic N) is 4. The molecule has 0 bridgehead atoms. The second-order valence-electron chi connectivity index (χ2n) is 4.66. The van der Waals surface area contributed by atoms with Crippen LogP contribution in [0.25, 0.3) is 10.2 Å². The average molecular weight is 313 g/mol. The van der Waals surface area contributed by atoms with E-state index in [2.05, 4.69) is 9.97 Å². The second kappa shape index (κ2) is 6.47. The highest BCUT2D eigenvalue weighted by Crippen LogP contribution is 2.24. The van der Waals surface area contributed by atoms with Gasteiger partial charge in [-0.2, -0.15) is 0 Å². The number of halogens is 1. The van der Waals surface area contributed by atoms with Gasteiger partial charge in [-0.25, -0.2) is 9.97 Å². The molecule has 0 aliphatic rings. The normalized spacial score (nSPS) is 11.2. The van der Waals surface area contributed by atoms with Crippen molar-refractivity contribution in [3.8, 4) is 0 Å². The lowest BCUT2D eigenvalue weighted by atomic mass is 10.4. The average Bonchev–Trinajstić information content (AvgIpc) is 2.86. The summed E-state index contributed by atoms with van der Waals surface area (Å²) in [7, 11) is 3.50. The van der Waals surface area contributed by atoms with Gasteiger partial charge in [0.15, 0.2) is 0 Å². The van der Waals surface area contributed by atoms with E-state index in [1.165, 1.54) is 11.3 Å². The van der Waals surface area contributed by atoms with E-state index >= 15 is 0 Å². The van der Waals surface area contributed by atoms with E-state index < -0.39 is 0 Å². The number of aromatic nitrogens is 2. The molecule has 0 aliphatic heterocycles. The zero-order chi connectivity index (χ0) is 14.7. The van der Waals surface area contributed by atoms with Crippen molar-refractivity contribution < 1.29 is 4.79 Å². The lowest BCUT2D eigenvalue weighted by Gasteiger charge is -2.21. The predicted octanol–water partition coefficient (Wildman–Crippen LogP) is 2.25. The monoisotopic (exact) mass is 312 g/mol. The van der Waals surface area contributed by atoms with Crippen LogP contribution in [0.4, 0.5) is 0 Å². The van der Waals surface area contributed by atoms with Crippen LogP contribution in [0.5, 0.6) is 0 Å². The number of carbonyl (C=O) groups excluding carboxylic acids is 1. The van der Waals surface area contributed by atoms with Crippen LogP contribution in [0.2, 0.25) is 5.15 Å². The summed E-state index contributed by atoms with van der Waals surface area (Å²) in [5.74, 6) is 0.716. The van der Waals surface area contributed by atoms with Gasteiger partial charge in [0.1, 0.15) is 15.8 Å². The van der Waals surface area contributed by atoms with E-state index in [0.29, 0.717) is 24.1 Å². The van der Waals surface area contributed by atoms with Gasteiger partial charge in [-0.1, -0.05) is 18.5 Å². The standard InChI is InChI=1S/C13H17ClN4OS/c1-4-18(8-11(19)17(2)3)7-10-15-12(14)9-5-6-20-13(9)16-10/h5-6H,4,7-8H2,1-3H3. The van der Waals surface area contributed by atoms with Crippen molar-refractivity contribution in [3.63, 3.8) is 0 Å². The third-order valence-corrected chi connectivity index (χ3v) is 4.09. The predicted molar refractivity (Wildman–Crippen MR) is 82.1 cm³/mol. The van der Waals surface area contributed by atoms with E-state index in [0.717, 1.165) is 16.8 Å². The first kappa shape index (κ1) is 15.2. The van der Waals surface area contributed by atoms with Crippen molar-refractivity contribution >= 4 is 39.1 Å².